The first-order chi connectivity index (χ1) is 19.9. The van der Waals surface area contributed by atoms with E-state index in [0.29, 0.717) is 39.2 Å². The standard InChI is InChI=1S/C30H28N4O6S/c1-4-39-30(37)19-11-13-20(14-12-19)33-28(36)26-18(2)32-29(21(16-31)27(26)24-10-7-15-40-24)41-17-25(35)34-22-8-5-6-9-23(22)38-3/h5-15,27,32H,4,17H2,1-3H3,(H,33,36)(H,34,35)/t27-/m0/s1. The molecule has 0 radical (unpaired) electrons. The summed E-state index contributed by atoms with van der Waals surface area (Å²) in [5.74, 6) is -1.08. The van der Waals surface area contributed by atoms with Crippen LogP contribution in [-0.2, 0) is 14.3 Å². The molecule has 1 aliphatic rings. The van der Waals surface area contributed by atoms with E-state index in [1.165, 1.54) is 13.4 Å². The summed E-state index contributed by atoms with van der Waals surface area (Å²) in [4.78, 5) is 38.2. The first kappa shape index (κ1) is 29.0. The lowest BCUT2D eigenvalue weighted by Crippen LogP contribution is -2.31. The Labute approximate surface area is 241 Å². The van der Waals surface area contributed by atoms with Crippen LogP contribution in [0.2, 0.25) is 0 Å². The molecule has 2 amide bonds. The Morgan fingerprint density at radius 1 is 1.07 bits per heavy atom. The van der Waals surface area contributed by atoms with Crippen molar-refractivity contribution in [3.8, 4) is 11.8 Å². The molecule has 0 fully saturated rings. The van der Waals surface area contributed by atoms with Gasteiger partial charge in [0.05, 0.1) is 65.1 Å². The Bertz CT molecular complexity index is 1540. The van der Waals surface area contributed by atoms with Gasteiger partial charge in [-0.3, -0.25) is 9.59 Å². The average Bonchev–Trinajstić information content (AvgIpc) is 3.51. The number of para-hydroxylation sites is 2. The molecule has 41 heavy (non-hydrogen) atoms. The van der Waals surface area contributed by atoms with Crippen molar-refractivity contribution in [2.45, 2.75) is 19.8 Å². The molecule has 11 heteroatoms. The number of hydrogen-bond acceptors (Lipinski definition) is 9. The molecule has 0 bridgehead atoms. The fourth-order valence-corrected chi connectivity index (χ4v) is 5.13. The van der Waals surface area contributed by atoms with Crippen molar-refractivity contribution in [1.29, 1.82) is 5.26 Å². The van der Waals surface area contributed by atoms with Gasteiger partial charge in [-0.25, -0.2) is 4.79 Å². The van der Waals surface area contributed by atoms with Gasteiger partial charge in [-0.05, 0) is 62.4 Å². The minimum Gasteiger partial charge on any atom is -0.495 e. The smallest absolute Gasteiger partial charge is 0.338 e. The van der Waals surface area contributed by atoms with Crippen LogP contribution < -0.4 is 20.7 Å². The van der Waals surface area contributed by atoms with Crippen LogP contribution in [0.5, 0.6) is 5.75 Å². The molecule has 0 spiro atoms. The van der Waals surface area contributed by atoms with E-state index in [4.69, 9.17) is 13.9 Å². The number of thioether (sulfide) groups is 1. The van der Waals surface area contributed by atoms with Crippen molar-refractivity contribution in [3.63, 3.8) is 0 Å². The third-order valence-corrected chi connectivity index (χ3v) is 7.12. The van der Waals surface area contributed by atoms with Gasteiger partial charge in [0.2, 0.25) is 5.91 Å². The maximum atomic E-state index is 13.5. The molecule has 3 aromatic rings. The fourth-order valence-electron chi connectivity index (χ4n) is 4.24. The normalized spacial score (nSPS) is 14.5. The molecular formula is C30H28N4O6S. The summed E-state index contributed by atoms with van der Waals surface area (Å²) in [7, 11) is 1.52. The molecule has 2 heterocycles. The number of ether oxygens (including phenoxy) is 2. The van der Waals surface area contributed by atoms with E-state index >= 15 is 0 Å². The van der Waals surface area contributed by atoms with Gasteiger partial charge in [0, 0.05) is 11.4 Å². The van der Waals surface area contributed by atoms with E-state index in [0.717, 1.165) is 11.8 Å². The highest BCUT2D eigenvalue weighted by atomic mass is 32.2. The van der Waals surface area contributed by atoms with Gasteiger partial charge in [0.25, 0.3) is 5.91 Å². The van der Waals surface area contributed by atoms with Gasteiger partial charge in [-0.1, -0.05) is 23.9 Å². The molecule has 0 aliphatic carbocycles. The Morgan fingerprint density at radius 3 is 2.49 bits per heavy atom. The number of allylic oxidation sites excluding steroid dienone is 2. The highest BCUT2D eigenvalue weighted by Gasteiger charge is 2.36. The molecular weight excluding hydrogens is 544 g/mol. The molecule has 0 unspecified atom stereocenters. The van der Waals surface area contributed by atoms with Crippen LogP contribution in [0.25, 0.3) is 0 Å². The molecule has 4 rings (SSSR count). The maximum absolute atomic E-state index is 13.5. The number of nitriles is 1. The first-order valence-corrected chi connectivity index (χ1v) is 13.6. The highest BCUT2D eigenvalue weighted by molar-refractivity contribution is 8.03. The minimum absolute atomic E-state index is 0.00192. The van der Waals surface area contributed by atoms with E-state index in [1.54, 1.807) is 74.5 Å². The van der Waals surface area contributed by atoms with Gasteiger partial charge in [-0.15, -0.1) is 0 Å². The lowest BCUT2D eigenvalue weighted by atomic mass is 9.85. The number of carbonyl (C=O) groups excluding carboxylic acids is 3. The minimum atomic E-state index is -0.810. The largest absolute Gasteiger partial charge is 0.495 e. The first-order valence-electron chi connectivity index (χ1n) is 12.7. The second-order valence-corrected chi connectivity index (χ2v) is 9.74. The van der Waals surface area contributed by atoms with Crippen molar-refractivity contribution < 1.29 is 28.3 Å². The van der Waals surface area contributed by atoms with Crippen LogP contribution in [0.4, 0.5) is 11.4 Å². The fraction of sp³-hybridized carbons (Fsp3) is 0.200. The molecule has 1 aromatic heterocycles. The monoisotopic (exact) mass is 572 g/mol. The number of carbonyl (C=O) groups is 3. The number of nitrogens with one attached hydrogen (secondary N) is 3. The summed E-state index contributed by atoms with van der Waals surface area (Å²) in [6.07, 6.45) is 1.47. The summed E-state index contributed by atoms with van der Waals surface area (Å²) in [5, 5.41) is 19.4. The topological polar surface area (TPSA) is 143 Å². The Hall–Kier alpha value is -4.95. The Balaban J connectivity index is 1.55. The number of benzene rings is 2. The van der Waals surface area contributed by atoms with Gasteiger partial charge in [0.1, 0.15) is 11.5 Å². The molecule has 10 nitrogen and oxygen atoms in total. The summed E-state index contributed by atoms with van der Waals surface area (Å²) in [6, 6.07) is 18.9. The number of esters is 1. The SMILES string of the molecule is CCOC(=O)c1ccc(NC(=O)C2=C(C)NC(SCC(=O)Nc3ccccc3OC)=C(C#N)[C@H]2c2ccco2)cc1. The van der Waals surface area contributed by atoms with Gasteiger partial charge >= 0.3 is 5.97 Å². The number of amides is 2. The number of rotatable bonds is 10. The van der Waals surface area contributed by atoms with E-state index in [-0.39, 0.29) is 29.4 Å². The zero-order valence-electron chi connectivity index (χ0n) is 22.6. The van der Waals surface area contributed by atoms with Crippen LogP contribution in [0, 0.1) is 11.3 Å². The van der Waals surface area contributed by atoms with Crippen molar-refractivity contribution in [2.24, 2.45) is 0 Å². The average molecular weight is 573 g/mol. The molecule has 0 saturated carbocycles. The second-order valence-electron chi connectivity index (χ2n) is 8.76. The number of dihydropyridines is 1. The Kier molecular flexibility index (Phi) is 9.50. The molecule has 2 aromatic carbocycles. The van der Waals surface area contributed by atoms with E-state index in [2.05, 4.69) is 22.0 Å². The quantitative estimate of drug-likeness (QED) is 0.280. The number of methoxy groups -OCH3 is 1. The lowest BCUT2D eigenvalue weighted by Gasteiger charge is -2.28. The van der Waals surface area contributed by atoms with Crippen molar-refractivity contribution in [2.75, 3.05) is 30.1 Å². The number of anilines is 2. The predicted molar refractivity (Wildman–Crippen MR) is 155 cm³/mol. The maximum Gasteiger partial charge on any atom is 0.338 e. The predicted octanol–water partition coefficient (Wildman–Crippen LogP) is 5.17. The van der Waals surface area contributed by atoms with Crippen LogP contribution >= 0.6 is 11.8 Å². The Morgan fingerprint density at radius 2 is 1.83 bits per heavy atom. The van der Waals surface area contributed by atoms with E-state index in [9.17, 15) is 19.6 Å². The van der Waals surface area contributed by atoms with Crippen molar-refractivity contribution in [1.82, 2.24) is 5.32 Å². The summed E-state index contributed by atoms with van der Waals surface area (Å²) in [5.41, 5.74) is 2.37. The zero-order chi connectivity index (χ0) is 29.4. The number of nitrogens with zero attached hydrogens (tertiary/aromatic N) is 1. The summed E-state index contributed by atoms with van der Waals surface area (Å²) >= 11 is 1.14. The molecule has 0 saturated heterocycles. The summed E-state index contributed by atoms with van der Waals surface area (Å²) < 4.78 is 15.9. The molecule has 1 atom stereocenters. The van der Waals surface area contributed by atoms with Gasteiger partial charge in [0.15, 0.2) is 0 Å². The van der Waals surface area contributed by atoms with Crippen molar-refractivity contribution in [3.05, 3.63) is 100 Å². The highest BCUT2D eigenvalue weighted by Crippen LogP contribution is 2.41. The van der Waals surface area contributed by atoms with E-state index in [1.807, 2.05) is 0 Å². The molecule has 3 N–H and O–H groups in total. The molecule has 1 aliphatic heterocycles. The zero-order valence-corrected chi connectivity index (χ0v) is 23.5. The second kappa shape index (κ2) is 13.4. The molecule has 210 valence electrons. The van der Waals surface area contributed by atoms with Gasteiger partial charge in [-0.2, -0.15) is 5.26 Å². The van der Waals surface area contributed by atoms with Crippen LogP contribution in [-0.4, -0.2) is 37.3 Å². The van der Waals surface area contributed by atoms with Crippen LogP contribution in [0.15, 0.2) is 93.2 Å². The van der Waals surface area contributed by atoms with Crippen molar-refractivity contribution >= 4 is 40.9 Å². The number of hydrogen-bond donors (Lipinski definition) is 3. The van der Waals surface area contributed by atoms with Crippen LogP contribution in [0.1, 0.15) is 35.9 Å². The van der Waals surface area contributed by atoms with Crippen LogP contribution in [0.3, 0.4) is 0 Å². The number of furan rings is 1. The third kappa shape index (κ3) is 6.80. The summed E-state index contributed by atoms with van der Waals surface area (Å²) in [6.45, 7) is 3.70. The third-order valence-electron chi connectivity index (χ3n) is 6.10. The van der Waals surface area contributed by atoms with Gasteiger partial charge < -0.3 is 29.8 Å². The lowest BCUT2D eigenvalue weighted by molar-refractivity contribution is -0.114. The van der Waals surface area contributed by atoms with E-state index < -0.39 is 17.8 Å².